The molecule has 0 aliphatic rings. The van der Waals surface area contributed by atoms with E-state index < -0.39 is 0 Å². The molecule has 1 rings (SSSR count). The Morgan fingerprint density at radius 1 is 1.47 bits per heavy atom. The Kier molecular flexibility index (Phi) is 4.70. The minimum Gasteiger partial charge on any atom is -0.314 e. The lowest BCUT2D eigenvalue weighted by molar-refractivity contribution is -0.116. The number of anilines is 1. The Morgan fingerprint density at radius 3 is 2.73 bits per heavy atom. The Labute approximate surface area is 89.3 Å². The minimum absolute atomic E-state index is 0.0744. The van der Waals surface area contributed by atoms with Gasteiger partial charge in [0.2, 0.25) is 11.9 Å². The molecule has 1 aromatic heterocycles. The second-order valence-electron chi connectivity index (χ2n) is 3.28. The monoisotopic (exact) mass is 208 g/mol. The summed E-state index contributed by atoms with van der Waals surface area (Å²) in [5, 5.41) is 5.79. The molecule has 0 aliphatic heterocycles. The predicted molar refractivity (Wildman–Crippen MR) is 58.4 cm³/mol. The second-order valence-corrected chi connectivity index (χ2v) is 3.28. The van der Waals surface area contributed by atoms with Crippen LogP contribution in [0.3, 0.4) is 0 Å². The summed E-state index contributed by atoms with van der Waals surface area (Å²) < 4.78 is 0. The van der Waals surface area contributed by atoms with Crippen LogP contribution in [0.4, 0.5) is 5.95 Å². The lowest BCUT2D eigenvalue weighted by atomic mass is 10.2. The summed E-state index contributed by atoms with van der Waals surface area (Å²) in [5.74, 6) is 0.279. The molecule has 1 unspecified atom stereocenters. The van der Waals surface area contributed by atoms with Gasteiger partial charge in [-0.2, -0.15) is 0 Å². The van der Waals surface area contributed by atoms with E-state index in [0.717, 1.165) is 6.54 Å². The van der Waals surface area contributed by atoms with Gasteiger partial charge in [0, 0.05) is 24.9 Å². The van der Waals surface area contributed by atoms with Crippen LogP contribution >= 0.6 is 0 Å². The van der Waals surface area contributed by atoms with Crippen molar-refractivity contribution in [2.45, 2.75) is 26.3 Å². The molecule has 0 bridgehead atoms. The third-order valence-corrected chi connectivity index (χ3v) is 1.86. The van der Waals surface area contributed by atoms with Gasteiger partial charge in [-0.25, -0.2) is 9.97 Å². The highest BCUT2D eigenvalue weighted by Gasteiger charge is 2.08. The average Bonchev–Trinajstić information content (AvgIpc) is 2.19. The average molecular weight is 208 g/mol. The molecule has 0 saturated carbocycles. The summed E-state index contributed by atoms with van der Waals surface area (Å²) in [7, 11) is 0. The first-order valence-electron chi connectivity index (χ1n) is 5.02. The van der Waals surface area contributed by atoms with Gasteiger partial charge in [0.25, 0.3) is 0 Å². The van der Waals surface area contributed by atoms with Crippen molar-refractivity contribution in [2.75, 3.05) is 11.9 Å². The van der Waals surface area contributed by atoms with Crippen LogP contribution in [0, 0.1) is 0 Å². The molecule has 0 aliphatic carbocycles. The van der Waals surface area contributed by atoms with Crippen molar-refractivity contribution < 1.29 is 4.79 Å². The maximum Gasteiger partial charge on any atom is 0.229 e. The van der Waals surface area contributed by atoms with Crippen LogP contribution in [0.25, 0.3) is 0 Å². The van der Waals surface area contributed by atoms with Gasteiger partial charge in [-0.15, -0.1) is 0 Å². The number of hydrogen-bond donors (Lipinski definition) is 2. The minimum atomic E-state index is -0.0744. The first kappa shape index (κ1) is 11.6. The summed E-state index contributed by atoms with van der Waals surface area (Å²) in [6.45, 7) is 4.83. The molecule has 1 heterocycles. The molecule has 0 fully saturated rings. The molecule has 1 atom stereocenters. The maximum absolute atomic E-state index is 11.5. The van der Waals surface area contributed by atoms with E-state index in [-0.39, 0.29) is 11.9 Å². The highest BCUT2D eigenvalue weighted by Crippen LogP contribution is 1.97. The summed E-state index contributed by atoms with van der Waals surface area (Å²) in [4.78, 5) is 19.3. The number of aromatic nitrogens is 2. The van der Waals surface area contributed by atoms with Crippen LogP contribution in [0.1, 0.15) is 20.3 Å². The van der Waals surface area contributed by atoms with Crippen LogP contribution in [0.5, 0.6) is 0 Å². The van der Waals surface area contributed by atoms with Crippen LogP contribution in [-0.2, 0) is 4.79 Å². The van der Waals surface area contributed by atoms with E-state index in [1.165, 1.54) is 0 Å². The van der Waals surface area contributed by atoms with E-state index in [4.69, 9.17) is 0 Å². The van der Waals surface area contributed by atoms with Crippen LogP contribution in [0.2, 0.25) is 0 Å². The van der Waals surface area contributed by atoms with Crippen molar-refractivity contribution in [3.8, 4) is 0 Å². The van der Waals surface area contributed by atoms with Gasteiger partial charge in [0.05, 0.1) is 0 Å². The second kappa shape index (κ2) is 6.08. The molecule has 1 amide bonds. The summed E-state index contributed by atoms with van der Waals surface area (Å²) in [6.07, 6.45) is 3.61. The van der Waals surface area contributed by atoms with E-state index in [2.05, 4.69) is 20.6 Å². The molecule has 0 radical (unpaired) electrons. The normalized spacial score (nSPS) is 12.1. The zero-order chi connectivity index (χ0) is 11.1. The van der Waals surface area contributed by atoms with Crippen molar-refractivity contribution in [3.05, 3.63) is 18.5 Å². The summed E-state index contributed by atoms with van der Waals surface area (Å²) in [5.41, 5.74) is 0. The lowest BCUT2D eigenvalue weighted by Gasteiger charge is -2.11. The van der Waals surface area contributed by atoms with Crippen molar-refractivity contribution in [3.63, 3.8) is 0 Å². The fourth-order valence-electron chi connectivity index (χ4n) is 1.24. The van der Waals surface area contributed by atoms with Crippen LogP contribution in [0.15, 0.2) is 18.5 Å². The van der Waals surface area contributed by atoms with Crippen molar-refractivity contribution in [1.29, 1.82) is 0 Å². The number of rotatable bonds is 5. The predicted octanol–water partition coefficient (Wildman–Crippen LogP) is 0.803. The van der Waals surface area contributed by atoms with Gasteiger partial charge >= 0.3 is 0 Å². The SMILES string of the molecule is CCNC(C)CC(=O)Nc1ncccn1. The van der Waals surface area contributed by atoms with Crippen LogP contribution in [-0.4, -0.2) is 28.5 Å². The third-order valence-electron chi connectivity index (χ3n) is 1.86. The van der Waals surface area contributed by atoms with Crippen molar-refractivity contribution >= 4 is 11.9 Å². The summed E-state index contributed by atoms with van der Waals surface area (Å²) in [6, 6.07) is 1.87. The molecule has 1 aromatic rings. The molecular formula is C10H16N4O. The van der Waals surface area contributed by atoms with Gasteiger partial charge in [-0.05, 0) is 19.5 Å². The Balaban J connectivity index is 2.36. The number of carbonyl (C=O) groups is 1. The zero-order valence-corrected chi connectivity index (χ0v) is 9.03. The molecule has 0 saturated heterocycles. The number of nitrogens with zero attached hydrogens (tertiary/aromatic N) is 2. The number of hydrogen-bond acceptors (Lipinski definition) is 4. The quantitative estimate of drug-likeness (QED) is 0.751. The first-order chi connectivity index (χ1) is 7.22. The number of nitrogens with one attached hydrogen (secondary N) is 2. The lowest BCUT2D eigenvalue weighted by Crippen LogP contribution is -2.30. The first-order valence-corrected chi connectivity index (χ1v) is 5.02. The standard InChI is InChI=1S/C10H16N4O/c1-3-11-8(2)7-9(15)14-10-12-5-4-6-13-10/h4-6,8,11H,3,7H2,1-2H3,(H,12,13,14,15). The highest BCUT2D eigenvalue weighted by molar-refractivity contribution is 5.89. The fourth-order valence-corrected chi connectivity index (χ4v) is 1.24. The van der Waals surface area contributed by atoms with Gasteiger partial charge in [0.15, 0.2) is 0 Å². The molecule has 15 heavy (non-hydrogen) atoms. The molecule has 82 valence electrons. The summed E-state index contributed by atoms with van der Waals surface area (Å²) >= 11 is 0. The van der Waals surface area contributed by atoms with Crippen LogP contribution < -0.4 is 10.6 Å². The van der Waals surface area contributed by atoms with Gasteiger partial charge in [-0.3, -0.25) is 10.1 Å². The van der Waals surface area contributed by atoms with E-state index in [0.29, 0.717) is 12.4 Å². The molecule has 2 N–H and O–H groups in total. The fraction of sp³-hybridized carbons (Fsp3) is 0.500. The number of amides is 1. The third kappa shape index (κ3) is 4.51. The zero-order valence-electron chi connectivity index (χ0n) is 9.03. The largest absolute Gasteiger partial charge is 0.314 e. The van der Waals surface area contributed by atoms with Gasteiger partial charge in [0.1, 0.15) is 0 Å². The topological polar surface area (TPSA) is 66.9 Å². The Morgan fingerprint density at radius 2 is 2.13 bits per heavy atom. The molecule has 0 aromatic carbocycles. The van der Waals surface area contributed by atoms with Crippen molar-refractivity contribution in [1.82, 2.24) is 15.3 Å². The van der Waals surface area contributed by atoms with E-state index in [1.54, 1.807) is 18.5 Å². The Hall–Kier alpha value is -1.49. The number of carbonyl (C=O) groups excluding carboxylic acids is 1. The van der Waals surface area contributed by atoms with Gasteiger partial charge in [-0.1, -0.05) is 6.92 Å². The maximum atomic E-state index is 11.5. The van der Waals surface area contributed by atoms with E-state index in [1.807, 2.05) is 13.8 Å². The molecule has 0 spiro atoms. The smallest absolute Gasteiger partial charge is 0.229 e. The Bertz CT molecular complexity index is 302. The molecule has 5 heteroatoms. The highest BCUT2D eigenvalue weighted by atomic mass is 16.1. The van der Waals surface area contributed by atoms with E-state index in [9.17, 15) is 4.79 Å². The molecular weight excluding hydrogens is 192 g/mol. The van der Waals surface area contributed by atoms with Crippen molar-refractivity contribution in [2.24, 2.45) is 0 Å². The van der Waals surface area contributed by atoms with Gasteiger partial charge < -0.3 is 5.32 Å². The van der Waals surface area contributed by atoms with E-state index >= 15 is 0 Å². The molecule has 5 nitrogen and oxygen atoms in total.